The van der Waals surface area contributed by atoms with Crippen LogP contribution in [0.2, 0.25) is 0 Å². The van der Waals surface area contributed by atoms with Crippen molar-refractivity contribution in [2.45, 2.75) is 33.1 Å². The van der Waals surface area contributed by atoms with Gasteiger partial charge >= 0.3 is 6.03 Å². The number of amides is 1. The van der Waals surface area contributed by atoms with Gasteiger partial charge in [0.25, 0.3) is 0 Å². The maximum absolute atomic E-state index is 12.1. The van der Waals surface area contributed by atoms with Crippen molar-refractivity contribution in [1.29, 1.82) is 0 Å². The fourth-order valence-electron chi connectivity index (χ4n) is 2.05. The lowest BCUT2D eigenvalue weighted by Crippen LogP contribution is -2.30. The van der Waals surface area contributed by atoms with Crippen LogP contribution in [0.4, 0.5) is 4.79 Å². The summed E-state index contributed by atoms with van der Waals surface area (Å²) in [5, 5.41) is 2.94. The van der Waals surface area contributed by atoms with Crippen LogP contribution in [0.25, 0.3) is 11.0 Å². The summed E-state index contributed by atoms with van der Waals surface area (Å²) in [6, 6.07) is 7.60. The highest BCUT2D eigenvalue weighted by molar-refractivity contribution is 5.89. The number of rotatable bonds is 4. The topological polar surface area (TPSA) is 46.9 Å². The highest BCUT2D eigenvalue weighted by Gasteiger charge is 2.12. The summed E-state index contributed by atoms with van der Waals surface area (Å²) in [6.07, 6.45) is 3.32. The Morgan fingerprint density at radius 3 is 2.89 bits per heavy atom. The molecule has 0 spiro atoms. The van der Waals surface area contributed by atoms with Crippen LogP contribution in [0.1, 0.15) is 32.0 Å². The molecule has 1 amide bonds. The third kappa shape index (κ3) is 2.53. The van der Waals surface area contributed by atoms with E-state index >= 15 is 0 Å². The first-order valence-corrected chi connectivity index (χ1v) is 6.46. The predicted octanol–water partition coefficient (Wildman–Crippen LogP) is 3.09. The monoisotopic (exact) mass is 245 g/mol. The van der Waals surface area contributed by atoms with E-state index in [1.165, 1.54) is 0 Å². The van der Waals surface area contributed by atoms with Crippen LogP contribution in [-0.4, -0.2) is 22.1 Å². The molecule has 0 unspecified atom stereocenters. The molecule has 0 radical (unpaired) electrons. The Hall–Kier alpha value is -1.84. The second-order valence-electron chi connectivity index (χ2n) is 4.42. The van der Waals surface area contributed by atoms with Gasteiger partial charge in [-0.25, -0.2) is 14.3 Å². The normalized spacial score (nSPS) is 10.8. The molecule has 1 aromatic carbocycles. The number of para-hydroxylation sites is 2. The Bertz CT molecular complexity index is 545. The van der Waals surface area contributed by atoms with Crippen molar-refractivity contribution in [2.24, 2.45) is 0 Å². The fraction of sp³-hybridized carbons (Fsp3) is 0.429. The van der Waals surface area contributed by atoms with Gasteiger partial charge in [0.05, 0.1) is 11.0 Å². The average Bonchev–Trinajstić information content (AvgIpc) is 2.70. The second kappa shape index (κ2) is 5.67. The molecule has 1 heterocycles. The molecular weight excluding hydrogens is 226 g/mol. The Morgan fingerprint density at radius 1 is 1.33 bits per heavy atom. The lowest BCUT2D eigenvalue weighted by molar-refractivity contribution is 0.242. The van der Waals surface area contributed by atoms with Crippen molar-refractivity contribution in [3.05, 3.63) is 30.1 Å². The maximum Gasteiger partial charge on any atom is 0.327 e. The van der Waals surface area contributed by atoms with Crippen LogP contribution < -0.4 is 5.32 Å². The minimum Gasteiger partial charge on any atom is -0.337 e. The first kappa shape index (κ1) is 12.6. The molecule has 1 aromatic heterocycles. The lowest BCUT2D eigenvalue weighted by Gasteiger charge is -2.07. The maximum atomic E-state index is 12.1. The van der Waals surface area contributed by atoms with E-state index in [-0.39, 0.29) is 6.03 Å². The molecule has 0 aliphatic carbocycles. The van der Waals surface area contributed by atoms with E-state index in [4.69, 9.17) is 0 Å². The fourth-order valence-corrected chi connectivity index (χ4v) is 2.05. The Labute approximate surface area is 107 Å². The number of unbranched alkanes of at least 4 members (excludes halogenated alkanes) is 2. The number of aromatic nitrogens is 2. The Kier molecular flexibility index (Phi) is 3.97. The molecule has 1 N–H and O–H groups in total. The molecule has 0 atom stereocenters. The highest BCUT2D eigenvalue weighted by atomic mass is 16.2. The number of imidazole rings is 1. The van der Waals surface area contributed by atoms with Gasteiger partial charge in [-0.05, 0) is 25.5 Å². The lowest BCUT2D eigenvalue weighted by atomic mass is 10.2. The molecule has 0 aliphatic heterocycles. The molecule has 2 rings (SSSR count). The van der Waals surface area contributed by atoms with Crippen LogP contribution in [0, 0.1) is 6.92 Å². The summed E-state index contributed by atoms with van der Waals surface area (Å²) in [5.41, 5.74) is 1.72. The number of hydrogen-bond acceptors (Lipinski definition) is 2. The average molecular weight is 245 g/mol. The number of fused-ring (bicyclic) bond motifs is 1. The van der Waals surface area contributed by atoms with Crippen LogP contribution in [-0.2, 0) is 0 Å². The summed E-state index contributed by atoms with van der Waals surface area (Å²) in [7, 11) is 0. The molecule has 18 heavy (non-hydrogen) atoms. The largest absolute Gasteiger partial charge is 0.337 e. The number of carbonyl (C=O) groups excluding carboxylic acids is 1. The van der Waals surface area contributed by atoms with Gasteiger partial charge in [0, 0.05) is 6.54 Å². The summed E-state index contributed by atoms with van der Waals surface area (Å²) < 4.78 is 1.64. The zero-order valence-electron chi connectivity index (χ0n) is 10.9. The third-order valence-electron chi connectivity index (χ3n) is 2.99. The quantitative estimate of drug-likeness (QED) is 0.841. The van der Waals surface area contributed by atoms with E-state index in [9.17, 15) is 4.79 Å². The molecular formula is C14H19N3O. The van der Waals surface area contributed by atoms with Crippen LogP contribution >= 0.6 is 0 Å². The summed E-state index contributed by atoms with van der Waals surface area (Å²) >= 11 is 0. The molecule has 96 valence electrons. The zero-order chi connectivity index (χ0) is 13.0. The van der Waals surface area contributed by atoms with E-state index in [2.05, 4.69) is 17.2 Å². The van der Waals surface area contributed by atoms with Gasteiger partial charge in [0.15, 0.2) is 0 Å². The third-order valence-corrected chi connectivity index (χ3v) is 2.99. The van der Waals surface area contributed by atoms with Gasteiger partial charge in [-0.2, -0.15) is 0 Å². The standard InChI is InChI=1S/C14H19N3O/c1-3-4-7-10-15-14(18)17-11(2)16-12-8-5-6-9-13(12)17/h5-6,8-9H,3-4,7,10H2,1-2H3,(H,15,18). The molecule has 4 nitrogen and oxygen atoms in total. The number of carbonyl (C=O) groups is 1. The van der Waals surface area contributed by atoms with Crippen LogP contribution in [0.15, 0.2) is 24.3 Å². The highest BCUT2D eigenvalue weighted by Crippen LogP contribution is 2.14. The van der Waals surface area contributed by atoms with E-state index in [1.807, 2.05) is 31.2 Å². The van der Waals surface area contributed by atoms with Crippen LogP contribution in [0.3, 0.4) is 0 Å². The minimum atomic E-state index is -0.0858. The first-order valence-electron chi connectivity index (χ1n) is 6.46. The SMILES string of the molecule is CCCCCNC(=O)n1c(C)nc2ccccc21. The number of hydrogen-bond donors (Lipinski definition) is 1. The molecule has 0 saturated heterocycles. The molecule has 0 bridgehead atoms. The van der Waals surface area contributed by atoms with E-state index in [0.717, 1.165) is 42.7 Å². The molecule has 0 fully saturated rings. The van der Waals surface area contributed by atoms with Gasteiger partial charge in [-0.3, -0.25) is 0 Å². The zero-order valence-corrected chi connectivity index (χ0v) is 10.9. The van der Waals surface area contributed by atoms with Gasteiger partial charge in [0.1, 0.15) is 5.82 Å². The van der Waals surface area contributed by atoms with Crippen molar-refractivity contribution in [2.75, 3.05) is 6.54 Å². The van der Waals surface area contributed by atoms with E-state index < -0.39 is 0 Å². The van der Waals surface area contributed by atoms with E-state index in [0.29, 0.717) is 0 Å². The second-order valence-corrected chi connectivity index (χ2v) is 4.42. The Morgan fingerprint density at radius 2 is 2.11 bits per heavy atom. The van der Waals surface area contributed by atoms with Crippen LogP contribution in [0.5, 0.6) is 0 Å². The van der Waals surface area contributed by atoms with Crippen molar-refractivity contribution in [1.82, 2.24) is 14.9 Å². The number of nitrogens with one attached hydrogen (secondary N) is 1. The number of aryl methyl sites for hydroxylation is 1. The van der Waals surface area contributed by atoms with Crippen molar-refractivity contribution >= 4 is 17.1 Å². The van der Waals surface area contributed by atoms with Gasteiger partial charge in [0.2, 0.25) is 0 Å². The predicted molar refractivity (Wildman–Crippen MR) is 72.8 cm³/mol. The smallest absolute Gasteiger partial charge is 0.327 e. The minimum absolute atomic E-state index is 0.0858. The molecule has 4 heteroatoms. The number of benzene rings is 1. The summed E-state index contributed by atoms with van der Waals surface area (Å²) in [6.45, 7) is 4.72. The summed E-state index contributed by atoms with van der Waals surface area (Å²) in [5.74, 6) is 0.726. The first-order chi connectivity index (χ1) is 8.74. The molecule has 0 aliphatic rings. The van der Waals surface area contributed by atoms with Crippen molar-refractivity contribution in [3.8, 4) is 0 Å². The Balaban J connectivity index is 2.14. The van der Waals surface area contributed by atoms with Gasteiger partial charge in [-0.1, -0.05) is 31.9 Å². The number of nitrogens with zero attached hydrogens (tertiary/aromatic N) is 2. The van der Waals surface area contributed by atoms with Crippen molar-refractivity contribution < 1.29 is 4.79 Å². The van der Waals surface area contributed by atoms with Gasteiger partial charge < -0.3 is 5.32 Å². The summed E-state index contributed by atoms with van der Waals surface area (Å²) in [4.78, 5) is 16.5. The van der Waals surface area contributed by atoms with Crippen molar-refractivity contribution in [3.63, 3.8) is 0 Å². The van der Waals surface area contributed by atoms with E-state index in [1.54, 1.807) is 4.57 Å². The van der Waals surface area contributed by atoms with Gasteiger partial charge in [-0.15, -0.1) is 0 Å². The molecule has 0 saturated carbocycles. The molecule has 2 aromatic rings.